The topological polar surface area (TPSA) is 88.2 Å². The van der Waals surface area contributed by atoms with E-state index in [1.54, 1.807) is 23.6 Å². The van der Waals surface area contributed by atoms with Crippen LogP contribution in [-0.4, -0.2) is 25.9 Å². The number of pyridine rings is 1. The molecule has 2 heterocycles. The van der Waals surface area contributed by atoms with Gasteiger partial charge in [0.2, 0.25) is 15.9 Å². The van der Waals surface area contributed by atoms with Crippen LogP contribution in [0.1, 0.15) is 12.0 Å². The van der Waals surface area contributed by atoms with Crippen LogP contribution in [0.15, 0.2) is 65.0 Å². The molecule has 2 aromatic heterocycles. The summed E-state index contributed by atoms with van der Waals surface area (Å²) < 4.78 is 40.0. The lowest BCUT2D eigenvalue weighted by Gasteiger charge is -2.09. The predicted octanol–water partition coefficient (Wildman–Crippen LogP) is 2.93. The predicted molar refractivity (Wildman–Crippen MR) is 106 cm³/mol. The van der Waals surface area contributed by atoms with E-state index in [-0.39, 0.29) is 18.9 Å². The van der Waals surface area contributed by atoms with Gasteiger partial charge in [-0.2, -0.15) is 0 Å². The summed E-state index contributed by atoms with van der Waals surface area (Å²) in [5.74, 6) is -1.15. The zero-order chi connectivity index (χ0) is 20.0. The fourth-order valence-electron chi connectivity index (χ4n) is 2.47. The van der Waals surface area contributed by atoms with E-state index in [9.17, 15) is 17.6 Å². The maximum absolute atomic E-state index is 13.6. The molecule has 3 rings (SSSR count). The van der Waals surface area contributed by atoms with Crippen molar-refractivity contribution in [2.24, 2.45) is 0 Å². The fourth-order valence-corrected chi connectivity index (χ4v) is 4.27. The van der Waals surface area contributed by atoms with E-state index in [4.69, 9.17) is 0 Å². The molecule has 0 spiro atoms. The molecule has 6 nitrogen and oxygen atoms in total. The summed E-state index contributed by atoms with van der Waals surface area (Å²) in [6, 6.07) is 12.7. The third-order valence-corrected chi connectivity index (χ3v) is 6.24. The second-order valence-electron chi connectivity index (χ2n) is 5.88. The number of rotatable bonds is 8. The summed E-state index contributed by atoms with van der Waals surface area (Å²) in [6.45, 7) is 0.180. The van der Waals surface area contributed by atoms with Crippen molar-refractivity contribution >= 4 is 27.3 Å². The Labute approximate surface area is 166 Å². The monoisotopic (exact) mass is 419 g/mol. The molecular weight excluding hydrogens is 401 g/mol. The van der Waals surface area contributed by atoms with E-state index in [0.29, 0.717) is 6.54 Å². The van der Waals surface area contributed by atoms with E-state index in [0.717, 1.165) is 22.2 Å². The summed E-state index contributed by atoms with van der Waals surface area (Å²) in [5, 5.41) is 4.70. The minimum Gasteiger partial charge on any atom is -0.352 e. The first-order valence-electron chi connectivity index (χ1n) is 8.45. The van der Waals surface area contributed by atoms with Crippen LogP contribution in [0, 0.1) is 5.82 Å². The van der Waals surface area contributed by atoms with Gasteiger partial charge < -0.3 is 5.32 Å². The molecule has 28 heavy (non-hydrogen) atoms. The molecule has 146 valence electrons. The van der Waals surface area contributed by atoms with Crippen molar-refractivity contribution in [3.05, 3.63) is 71.5 Å². The highest BCUT2D eigenvalue weighted by atomic mass is 32.2. The zero-order valence-corrected chi connectivity index (χ0v) is 16.4. The molecule has 0 saturated heterocycles. The van der Waals surface area contributed by atoms with Gasteiger partial charge in [0.25, 0.3) is 0 Å². The van der Waals surface area contributed by atoms with Gasteiger partial charge in [0, 0.05) is 25.7 Å². The molecule has 0 radical (unpaired) electrons. The fraction of sp³-hybridized carbons (Fsp3) is 0.158. The number of benzene rings is 1. The highest BCUT2D eigenvalue weighted by Crippen LogP contribution is 2.23. The van der Waals surface area contributed by atoms with Gasteiger partial charge in [-0.1, -0.05) is 18.2 Å². The van der Waals surface area contributed by atoms with Gasteiger partial charge in [0.05, 0.1) is 10.6 Å². The lowest BCUT2D eigenvalue weighted by molar-refractivity contribution is -0.121. The maximum atomic E-state index is 13.6. The number of carbonyl (C=O) groups is 1. The molecule has 0 atom stereocenters. The van der Waals surface area contributed by atoms with Gasteiger partial charge in [0.1, 0.15) is 10.7 Å². The maximum Gasteiger partial charge on any atom is 0.243 e. The highest BCUT2D eigenvalue weighted by molar-refractivity contribution is 7.89. The molecule has 0 aliphatic heterocycles. The largest absolute Gasteiger partial charge is 0.352 e. The molecule has 1 aromatic carbocycles. The molecular formula is C19H18FN3O3S2. The van der Waals surface area contributed by atoms with Crippen molar-refractivity contribution in [3.8, 4) is 10.6 Å². The molecule has 2 N–H and O–H groups in total. The third-order valence-electron chi connectivity index (χ3n) is 3.86. The number of amides is 1. The van der Waals surface area contributed by atoms with E-state index >= 15 is 0 Å². The van der Waals surface area contributed by atoms with Gasteiger partial charge in [-0.3, -0.25) is 9.78 Å². The number of sulfonamides is 1. The van der Waals surface area contributed by atoms with E-state index in [1.165, 1.54) is 18.2 Å². The van der Waals surface area contributed by atoms with Crippen LogP contribution in [0.3, 0.4) is 0 Å². The Kier molecular flexibility index (Phi) is 6.50. The number of hydrogen-bond acceptors (Lipinski definition) is 5. The number of aromatic nitrogens is 1. The molecule has 0 fully saturated rings. The Morgan fingerprint density at radius 3 is 2.71 bits per heavy atom. The summed E-state index contributed by atoms with van der Waals surface area (Å²) in [7, 11) is -4.00. The van der Waals surface area contributed by atoms with Gasteiger partial charge in [-0.05, 0) is 41.3 Å². The van der Waals surface area contributed by atoms with Crippen molar-refractivity contribution in [2.75, 3.05) is 6.54 Å². The van der Waals surface area contributed by atoms with Crippen molar-refractivity contribution < 1.29 is 17.6 Å². The van der Waals surface area contributed by atoms with Crippen molar-refractivity contribution in [3.63, 3.8) is 0 Å². The summed E-state index contributed by atoms with van der Waals surface area (Å²) in [4.78, 5) is 16.9. The molecule has 9 heteroatoms. The highest BCUT2D eigenvalue weighted by Gasteiger charge is 2.18. The first-order chi connectivity index (χ1) is 13.5. The summed E-state index contributed by atoms with van der Waals surface area (Å²) in [6.07, 6.45) is 1.62. The van der Waals surface area contributed by atoms with E-state index < -0.39 is 20.7 Å². The first-order valence-corrected chi connectivity index (χ1v) is 10.8. The SMILES string of the molecule is O=C(CCNS(=O)(=O)c1ccccc1F)NCc1ccnc(-c2cccs2)c1. The number of carbonyl (C=O) groups excluding carboxylic acids is 1. The lowest BCUT2D eigenvalue weighted by Crippen LogP contribution is -2.31. The van der Waals surface area contributed by atoms with Crippen LogP contribution in [0.5, 0.6) is 0 Å². The number of thiophene rings is 1. The number of nitrogens with one attached hydrogen (secondary N) is 2. The molecule has 0 aliphatic rings. The Morgan fingerprint density at radius 1 is 1.14 bits per heavy atom. The van der Waals surface area contributed by atoms with Crippen LogP contribution < -0.4 is 10.0 Å². The van der Waals surface area contributed by atoms with Crippen LogP contribution >= 0.6 is 11.3 Å². The molecule has 3 aromatic rings. The minimum absolute atomic E-state index is 0.0590. The van der Waals surface area contributed by atoms with Crippen molar-refractivity contribution in [1.29, 1.82) is 0 Å². The summed E-state index contributed by atoms with van der Waals surface area (Å²) in [5.41, 5.74) is 1.72. The number of hydrogen-bond donors (Lipinski definition) is 2. The third kappa shape index (κ3) is 5.22. The van der Waals surface area contributed by atoms with Crippen molar-refractivity contribution in [1.82, 2.24) is 15.0 Å². The standard InChI is InChI=1S/C19H18FN3O3S2/c20-15-4-1-2-6-18(15)28(25,26)23-10-8-19(24)22-13-14-7-9-21-16(12-14)17-5-3-11-27-17/h1-7,9,11-12,23H,8,10,13H2,(H,22,24). The van der Waals surface area contributed by atoms with Gasteiger partial charge >= 0.3 is 0 Å². The second kappa shape index (κ2) is 9.05. The minimum atomic E-state index is -4.00. The molecule has 0 unspecified atom stereocenters. The van der Waals surface area contributed by atoms with Crippen molar-refractivity contribution in [2.45, 2.75) is 17.9 Å². The molecule has 1 amide bonds. The number of nitrogens with zero attached hydrogens (tertiary/aromatic N) is 1. The molecule has 0 aliphatic carbocycles. The van der Waals surface area contributed by atoms with Gasteiger partial charge in [-0.15, -0.1) is 11.3 Å². The second-order valence-corrected chi connectivity index (χ2v) is 8.56. The average molecular weight is 420 g/mol. The normalized spacial score (nSPS) is 11.3. The van der Waals surface area contributed by atoms with E-state index in [1.807, 2.05) is 23.6 Å². The van der Waals surface area contributed by atoms with Gasteiger partial charge in [0.15, 0.2) is 0 Å². The Morgan fingerprint density at radius 2 is 1.96 bits per heavy atom. The van der Waals surface area contributed by atoms with E-state index in [2.05, 4.69) is 15.0 Å². The smallest absolute Gasteiger partial charge is 0.243 e. The lowest BCUT2D eigenvalue weighted by atomic mass is 10.2. The average Bonchev–Trinajstić information content (AvgIpc) is 3.21. The first kappa shape index (κ1) is 20.1. The summed E-state index contributed by atoms with van der Waals surface area (Å²) >= 11 is 1.58. The molecule has 0 saturated carbocycles. The van der Waals surface area contributed by atoms with Crippen LogP contribution in [0.2, 0.25) is 0 Å². The number of halogens is 1. The Balaban J connectivity index is 1.49. The van der Waals surface area contributed by atoms with Crippen LogP contribution in [0.25, 0.3) is 10.6 Å². The Bertz CT molecular complexity index is 1050. The quantitative estimate of drug-likeness (QED) is 0.588. The van der Waals surface area contributed by atoms with Crippen LogP contribution in [0.4, 0.5) is 4.39 Å². The van der Waals surface area contributed by atoms with Crippen LogP contribution in [-0.2, 0) is 21.4 Å². The zero-order valence-electron chi connectivity index (χ0n) is 14.8. The van der Waals surface area contributed by atoms with Gasteiger partial charge in [-0.25, -0.2) is 17.5 Å². The molecule has 0 bridgehead atoms. The Hall–Kier alpha value is -2.62.